The fraction of sp³-hybridized carbons (Fsp3) is 0.467. The number of carbonyl (C=O) groups is 1. The number of aromatic nitrogens is 1. The van der Waals surface area contributed by atoms with Crippen molar-refractivity contribution in [1.29, 1.82) is 0 Å². The highest BCUT2D eigenvalue weighted by Gasteiger charge is 2.23. The van der Waals surface area contributed by atoms with Crippen molar-refractivity contribution in [3.63, 3.8) is 0 Å². The van der Waals surface area contributed by atoms with Gasteiger partial charge >= 0.3 is 6.09 Å². The van der Waals surface area contributed by atoms with Gasteiger partial charge in [-0.15, -0.1) is 0 Å². The summed E-state index contributed by atoms with van der Waals surface area (Å²) in [5.74, 6) is 0.563. The van der Waals surface area contributed by atoms with Crippen molar-refractivity contribution >= 4 is 67.3 Å². The van der Waals surface area contributed by atoms with E-state index < -0.39 is 17.7 Å². The fourth-order valence-corrected chi connectivity index (χ4v) is 3.56. The molecule has 0 bridgehead atoms. The molecule has 2 N–H and O–H groups in total. The van der Waals surface area contributed by atoms with Crippen molar-refractivity contribution in [1.82, 2.24) is 10.3 Å². The number of nitrogens with one attached hydrogen (secondary N) is 1. The number of furan rings is 1. The number of aliphatic hydroxyl groups is 1. The SMILES string of the molecule is CC(C)(C)OC(=O)N[C@@H](CO)Cc1oc2c(I)cc(Cl)nc2c1Br. The first-order valence-electron chi connectivity index (χ1n) is 7.14. The quantitative estimate of drug-likeness (QED) is 0.455. The molecule has 1 atom stereocenters. The monoisotopic (exact) mass is 530 g/mol. The lowest BCUT2D eigenvalue weighted by molar-refractivity contribution is 0.0481. The summed E-state index contributed by atoms with van der Waals surface area (Å²) in [6.45, 7) is 5.06. The van der Waals surface area contributed by atoms with Gasteiger partial charge in [0.1, 0.15) is 22.0 Å². The van der Waals surface area contributed by atoms with E-state index in [0.717, 1.165) is 3.57 Å². The molecule has 0 fully saturated rings. The molecule has 0 saturated heterocycles. The van der Waals surface area contributed by atoms with Crippen molar-refractivity contribution in [2.75, 3.05) is 6.61 Å². The molecule has 2 rings (SSSR count). The summed E-state index contributed by atoms with van der Waals surface area (Å²) in [6.07, 6.45) is -0.315. The number of hydrogen-bond acceptors (Lipinski definition) is 5. The molecule has 9 heteroatoms. The Balaban J connectivity index is 2.19. The van der Waals surface area contributed by atoms with Crippen LogP contribution in [-0.4, -0.2) is 34.4 Å². The van der Waals surface area contributed by atoms with Gasteiger partial charge < -0.3 is 19.6 Å². The molecule has 2 heterocycles. The van der Waals surface area contributed by atoms with Gasteiger partial charge in [-0.3, -0.25) is 0 Å². The van der Waals surface area contributed by atoms with Gasteiger partial charge in [-0.05, 0) is 65.4 Å². The van der Waals surface area contributed by atoms with Gasteiger partial charge in [0.25, 0.3) is 0 Å². The van der Waals surface area contributed by atoms with Crippen LogP contribution in [0.3, 0.4) is 0 Å². The number of alkyl carbamates (subject to hydrolysis) is 1. The van der Waals surface area contributed by atoms with Crippen LogP contribution in [-0.2, 0) is 11.2 Å². The first-order chi connectivity index (χ1) is 11.1. The third-order valence-electron chi connectivity index (χ3n) is 2.95. The van der Waals surface area contributed by atoms with E-state index in [0.29, 0.717) is 26.5 Å². The molecule has 24 heavy (non-hydrogen) atoms. The van der Waals surface area contributed by atoms with Gasteiger partial charge in [0.15, 0.2) is 5.58 Å². The molecule has 0 aliphatic rings. The molecule has 0 aromatic carbocycles. The zero-order valence-corrected chi connectivity index (χ0v) is 17.8. The molecule has 2 aromatic rings. The third-order valence-corrected chi connectivity index (χ3v) is 4.76. The summed E-state index contributed by atoms with van der Waals surface area (Å²) in [5.41, 5.74) is 0.604. The average Bonchev–Trinajstić information content (AvgIpc) is 2.74. The minimum absolute atomic E-state index is 0.256. The molecule has 0 saturated carbocycles. The predicted octanol–water partition coefficient (Wildman–Crippen LogP) is 4.28. The van der Waals surface area contributed by atoms with Crippen LogP contribution in [0.5, 0.6) is 0 Å². The number of pyridine rings is 1. The van der Waals surface area contributed by atoms with Crippen LogP contribution in [0.25, 0.3) is 11.1 Å². The zero-order valence-electron chi connectivity index (χ0n) is 13.3. The maximum atomic E-state index is 11.9. The second-order valence-electron chi connectivity index (χ2n) is 6.17. The van der Waals surface area contributed by atoms with E-state index in [1.165, 1.54) is 0 Å². The van der Waals surface area contributed by atoms with E-state index in [2.05, 4.69) is 48.8 Å². The second-order valence-corrected chi connectivity index (χ2v) is 8.52. The predicted molar refractivity (Wildman–Crippen MR) is 103 cm³/mol. The molecule has 0 aliphatic carbocycles. The average molecular weight is 532 g/mol. The number of aliphatic hydroxyl groups excluding tert-OH is 1. The molecule has 1 amide bonds. The maximum absolute atomic E-state index is 11.9. The van der Waals surface area contributed by atoms with E-state index in [9.17, 15) is 9.90 Å². The lowest BCUT2D eigenvalue weighted by atomic mass is 10.2. The van der Waals surface area contributed by atoms with Gasteiger partial charge in [0.2, 0.25) is 0 Å². The number of ether oxygens (including phenoxy) is 1. The number of halogens is 3. The highest BCUT2D eigenvalue weighted by atomic mass is 127. The summed E-state index contributed by atoms with van der Waals surface area (Å²) in [6, 6.07) is 1.15. The van der Waals surface area contributed by atoms with E-state index in [1.807, 2.05) is 0 Å². The molecule has 6 nitrogen and oxygen atoms in total. The zero-order chi connectivity index (χ0) is 18.1. The first kappa shape index (κ1) is 19.7. The molecule has 0 spiro atoms. The Bertz CT molecular complexity index is 760. The number of rotatable bonds is 4. The summed E-state index contributed by atoms with van der Waals surface area (Å²) in [4.78, 5) is 16.1. The number of nitrogens with zero attached hydrogens (tertiary/aromatic N) is 1. The van der Waals surface area contributed by atoms with Gasteiger partial charge in [-0.2, -0.15) is 0 Å². The van der Waals surface area contributed by atoms with E-state index in [1.54, 1.807) is 26.8 Å². The van der Waals surface area contributed by atoms with Crippen molar-refractivity contribution in [3.05, 3.63) is 25.0 Å². The van der Waals surface area contributed by atoms with Crippen molar-refractivity contribution in [2.45, 2.75) is 38.8 Å². The summed E-state index contributed by atoms with van der Waals surface area (Å²) >= 11 is 11.5. The van der Waals surface area contributed by atoms with Crippen molar-refractivity contribution in [3.8, 4) is 0 Å². The minimum atomic E-state index is -0.610. The number of amides is 1. The maximum Gasteiger partial charge on any atom is 0.407 e. The molecule has 2 aromatic heterocycles. The molecule has 0 aliphatic heterocycles. The van der Waals surface area contributed by atoms with Gasteiger partial charge in [0.05, 0.1) is 20.7 Å². The molecule has 132 valence electrons. The largest absolute Gasteiger partial charge is 0.457 e. The number of carbonyl (C=O) groups excluding carboxylic acids is 1. The summed E-state index contributed by atoms with van der Waals surface area (Å²) in [7, 11) is 0. The van der Waals surface area contributed by atoms with Gasteiger partial charge in [-0.1, -0.05) is 11.6 Å². The van der Waals surface area contributed by atoms with E-state index in [4.69, 9.17) is 20.8 Å². The minimum Gasteiger partial charge on any atom is -0.457 e. The summed E-state index contributed by atoms with van der Waals surface area (Å²) in [5, 5.41) is 12.5. The van der Waals surface area contributed by atoms with Crippen LogP contribution in [0.2, 0.25) is 5.15 Å². The Morgan fingerprint density at radius 2 is 2.25 bits per heavy atom. The molecule has 0 unspecified atom stereocenters. The number of hydrogen-bond donors (Lipinski definition) is 2. The smallest absolute Gasteiger partial charge is 0.407 e. The van der Waals surface area contributed by atoms with Crippen molar-refractivity contribution < 1.29 is 19.1 Å². The Labute approximate surface area is 166 Å². The highest BCUT2D eigenvalue weighted by Crippen LogP contribution is 2.34. The second kappa shape index (κ2) is 7.76. The Morgan fingerprint density at radius 3 is 2.83 bits per heavy atom. The topological polar surface area (TPSA) is 84.6 Å². The Morgan fingerprint density at radius 1 is 1.58 bits per heavy atom. The van der Waals surface area contributed by atoms with Crippen LogP contribution in [0, 0.1) is 3.57 Å². The van der Waals surface area contributed by atoms with Crippen molar-refractivity contribution in [2.24, 2.45) is 0 Å². The summed E-state index contributed by atoms with van der Waals surface area (Å²) < 4.78 is 12.5. The number of fused-ring (bicyclic) bond motifs is 1. The Kier molecular flexibility index (Phi) is 6.38. The van der Waals surface area contributed by atoms with Crippen LogP contribution in [0.15, 0.2) is 15.0 Å². The van der Waals surface area contributed by atoms with Gasteiger partial charge in [-0.25, -0.2) is 9.78 Å². The third kappa shape index (κ3) is 4.96. The van der Waals surface area contributed by atoms with E-state index in [-0.39, 0.29) is 13.0 Å². The van der Waals surface area contributed by atoms with E-state index >= 15 is 0 Å². The molecular formula is C15H17BrClIN2O4. The highest BCUT2D eigenvalue weighted by molar-refractivity contribution is 14.1. The standard InChI is InChI=1S/C15H17BrClIN2O4/c1-15(2,3)24-14(22)19-7(6-21)4-9-11(16)12-13(23-9)8(18)5-10(17)20-12/h5,7,21H,4,6H2,1-3H3,(H,19,22)/t7-/m1/s1. The van der Waals surface area contributed by atoms with Crippen LogP contribution >= 0.6 is 50.1 Å². The van der Waals surface area contributed by atoms with Crippen LogP contribution in [0.4, 0.5) is 4.79 Å². The Hall–Kier alpha value is -0.580. The molecule has 0 radical (unpaired) electrons. The van der Waals surface area contributed by atoms with Crippen LogP contribution < -0.4 is 5.32 Å². The molecular weight excluding hydrogens is 514 g/mol. The normalized spacial score (nSPS) is 13.1. The lowest BCUT2D eigenvalue weighted by Crippen LogP contribution is -2.42. The lowest BCUT2D eigenvalue weighted by Gasteiger charge is -2.22. The fourth-order valence-electron chi connectivity index (χ4n) is 2.01. The van der Waals surface area contributed by atoms with Crippen LogP contribution in [0.1, 0.15) is 26.5 Å². The first-order valence-corrected chi connectivity index (χ1v) is 9.39. The van der Waals surface area contributed by atoms with Gasteiger partial charge in [0, 0.05) is 6.42 Å².